The summed E-state index contributed by atoms with van der Waals surface area (Å²) >= 11 is 0. The van der Waals surface area contributed by atoms with Gasteiger partial charge in [0, 0.05) is 12.3 Å². The van der Waals surface area contributed by atoms with Gasteiger partial charge in [-0.05, 0) is 12.1 Å². The Bertz CT molecular complexity index is 619. The molecule has 2 aromatic rings. The van der Waals surface area contributed by atoms with Crippen molar-refractivity contribution < 1.29 is 19.1 Å². The van der Waals surface area contributed by atoms with Crippen LogP contribution < -0.4 is 4.74 Å². The van der Waals surface area contributed by atoms with Gasteiger partial charge in [-0.25, -0.2) is 9.48 Å². The molecule has 0 fully saturated rings. The van der Waals surface area contributed by atoms with Crippen LogP contribution in [0.3, 0.4) is 0 Å². The minimum Gasteiger partial charge on any atom is -0.497 e. The van der Waals surface area contributed by atoms with E-state index in [9.17, 15) is 9.59 Å². The Labute approximate surface area is 109 Å². The smallest absolute Gasteiger partial charge is 0.359 e. The first-order valence-electron chi connectivity index (χ1n) is 5.47. The fraction of sp³-hybridized carbons (Fsp3) is 0.154. The molecular weight excluding hydrogens is 248 g/mol. The number of hydrogen-bond acceptors (Lipinski definition) is 5. The Balaban J connectivity index is 2.48. The van der Waals surface area contributed by atoms with E-state index >= 15 is 0 Å². The molecule has 0 amide bonds. The van der Waals surface area contributed by atoms with Crippen molar-refractivity contribution in [3.8, 4) is 11.4 Å². The number of hydrogen-bond donors (Lipinski definition) is 0. The quantitative estimate of drug-likeness (QED) is 0.615. The van der Waals surface area contributed by atoms with Crippen LogP contribution in [0, 0.1) is 0 Å². The van der Waals surface area contributed by atoms with Gasteiger partial charge in [0.15, 0.2) is 12.0 Å². The maximum Gasteiger partial charge on any atom is 0.359 e. The van der Waals surface area contributed by atoms with Crippen LogP contribution in [0.4, 0.5) is 0 Å². The van der Waals surface area contributed by atoms with Crippen LogP contribution in [0.5, 0.6) is 5.75 Å². The molecule has 0 radical (unpaired) electrons. The van der Waals surface area contributed by atoms with Crippen molar-refractivity contribution in [2.45, 2.75) is 0 Å². The number of aldehydes is 1. The molecule has 2 rings (SSSR count). The molecule has 0 N–H and O–H groups in total. The number of esters is 1. The van der Waals surface area contributed by atoms with Gasteiger partial charge in [-0.15, -0.1) is 0 Å². The summed E-state index contributed by atoms with van der Waals surface area (Å²) in [5.41, 5.74) is 0.840. The third-order valence-corrected chi connectivity index (χ3v) is 2.57. The summed E-state index contributed by atoms with van der Waals surface area (Å²) in [6, 6.07) is 7.09. The molecule has 6 heteroatoms. The number of aromatic nitrogens is 2. The van der Waals surface area contributed by atoms with Gasteiger partial charge >= 0.3 is 5.97 Å². The van der Waals surface area contributed by atoms with Crippen molar-refractivity contribution in [3.63, 3.8) is 0 Å². The van der Waals surface area contributed by atoms with Gasteiger partial charge in [-0.1, -0.05) is 6.07 Å². The Morgan fingerprint density at radius 1 is 1.37 bits per heavy atom. The molecule has 0 aliphatic rings. The first-order chi connectivity index (χ1) is 9.19. The average Bonchev–Trinajstić information content (AvgIpc) is 2.90. The highest BCUT2D eigenvalue weighted by atomic mass is 16.5. The van der Waals surface area contributed by atoms with E-state index in [1.165, 1.54) is 18.0 Å². The number of rotatable bonds is 4. The highest BCUT2D eigenvalue weighted by molar-refractivity contribution is 5.96. The Kier molecular flexibility index (Phi) is 3.61. The number of ether oxygens (including phenoxy) is 2. The van der Waals surface area contributed by atoms with Gasteiger partial charge in [0.05, 0.1) is 25.5 Å². The van der Waals surface area contributed by atoms with Crippen LogP contribution in [0.15, 0.2) is 30.5 Å². The second-order valence-electron chi connectivity index (χ2n) is 3.69. The van der Waals surface area contributed by atoms with Crippen LogP contribution in [0.1, 0.15) is 20.8 Å². The average molecular weight is 260 g/mol. The molecule has 98 valence electrons. The van der Waals surface area contributed by atoms with Crippen molar-refractivity contribution in [3.05, 3.63) is 41.7 Å². The zero-order chi connectivity index (χ0) is 13.8. The normalized spacial score (nSPS) is 10.0. The summed E-state index contributed by atoms with van der Waals surface area (Å²) in [6.07, 6.45) is 2.03. The standard InChI is InChI=1S/C13H12N2O4/c1-18-11-5-3-4-10(6-11)15-7-9(8-16)12(14-15)13(17)19-2/h3-8H,1-2H3. The van der Waals surface area contributed by atoms with Crippen molar-refractivity contribution in [1.82, 2.24) is 9.78 Å². The van der Waals surface area contributed by atoms with E-state index in [-0.39, 0.29) is 11.3 Å². The molecule has 0 saturated carbocycles. The third kappa shape index (κ3) is 2.47. The van der Waals surface area contributed by atoms with Crippen molar-refractivity contribution in [1.29, 1.82) is 0 Å². The topological polar surface area (TPSA) is 70.4 Å². The highest BCUT2D eigenvalue weighted by Crippen LogP contribution is 2.17. The molecule has 6 nitrogen and oxygen atoms in total. The number of carbonyl (C=O) groups is 2. The van der Waals surface area contributed by atoms with Gasteiger partial charge in [0.1, 0.15) is 5.75 Å². The van der Waals surface area contributed by atoms with Crippen molar-refractivity contribution >= 4 is 12.3 Å². The van der Waals surface area contributed by atoms with E-state index < -0.39 is 5.97 Å². The molecular formula is C13H12N2O4. The van der Waals surface area contributed by atoms with E-state index in [0.29, 0.717) is 17.7 Å². The van der Waals surface area contributed by atoms with Gasteiger partial charge in [0.2, 0.25) is 0 Å². The largest absolute Gasteiger partial charge is 0.497 e. The Hall–Kier alpha value is -2.63. The van der Waals surface area contributed by atoms with Crippen LogP contribution in [-0.4, -0.2) is 36.3 Å². The molecule has 0 aliphatic carbocycles. The Morgan fingerprint density at radius 2 is 2.16 bits per heavy atom. The minimum atomic E-state index is -0.649. The van der Waals surface area contributed by atoms with Gasteiger partial charge in [0.25, 0.3) is 0 Å². The monoisotopic (exact) mass is 260 g/mol. The number of benzene rings is 1. The first-order valence-corrected chi connectivity index (χ1v) is 5.47. The number of methoxy groups -OCH3 is 2. The summed E-state index contributed by atoms with van der Waals surface area (Å²) in [5, 5.41) is 4.05. The maximum atomic E-state index is 11.5. The molecule has 1 aromatic heterocycles. The third-order valence-electron chi connectivity index (χ3n) is 2.57. The number of carbonyl (C=O) groups excluding carboxylic acids is 2. The zero-order valence-electron chi connectivity index (χ0n) is 10.5. The molecule has 0 unspecified atom stereocenters. The first kappa shape index (κ1) is 12.8. The predicted octanol–water partition coefficient (Wildman–Crippen LogP) is 1.48. The fourth-order valence-electron chi connectivity index (χ4n) is 1.61. The molecule has 0 spiro atoms. The van der Waals surface area contributed by atoms with Crippen LogP contribution in [0.25, 0.3) is 5.69 Å². The molecule has 0 saturated heterocycles. The minimum absolute atomic E-state index is 0.0136. The van der Waals surface area contributed by atoms with Crippen LogP contribution in [0.2, 0.25) is 0 Å². The summed E-state index contributed by atoms with van der Waals surface area (Å²) in [6.45, 7) is 0. The second-order valence-corrected chi connectivity index (χ2v) is 3.69. The van der Waals surface area contributed by atoms with E-state index in [0.717, 1.165) is 0 Å². The lowest BCUT2D eigenvalue weighted by molar-refractivity contribution is 0.0591. The summed E-state index contributed by atoms with van der Waals surface area (Å²) in [4.78, 5) is 22.4. The second kappa shape index (κ2) is 5.34. The molecule has 19 heavy (non-hydrogen) atoms. The molecule has 1 heterocycles. The van der Waals surface area contributed by atoms with E-state index in [1.54, 1.807) is 31.4 Å². The summed E-state index contributed by atoms with van der Waals surface area (Å²) in [5.74, 6) is 0.00372. The van der Waals surface area contributed by atoms with Crippen molar-refractivity contribution in [2.24, 2.45) is 0 Å². The zero-order valence-corrected chi connectivity index (χ0v) is 10.5. The van der Waals surface area contributed by atoms with E-state index in [4.69, 9.17) is 4.74 Å². The molecule has 0 aliphatic heterocycles. The van der Waals surface area contributed by atoms with E-state index in [1.807, 2.05) is 0 Å². The lowest BCUT2D eigenvalue weighted by Gasteiger charge is -2.03. The molecule has 0 bridgehead atoms. The molecule has 1 aromatic carbocycles. The lowest BCUT2D eigenvalue weighted by atomic mass is 10.3. The number of nitrogens with zero attached hydrogens (tertiary/aromatic N) is 2. The van der Waals surface area contributed by atoms with Gasteiger partial charge in [-0.2, -0.15) is 5.10 Å². The van der Waals surface area contributed by atoms with E-state index in [2.05, 4.69) is 9.84 Å². The van der Waals surface area contributed by atoms with Crippen molar-refractivity contribution in [2.75, 3.05) is 14.2 Å². The van der Waals surface area contributed by atoms with Crippen LogP contribution in [-0.2, 0) is 4.74 Å². The summed E-state index contributed by atoms with van der Waals surface area (Å²) in [7, 11) is 2.79. The lowest BCUT2D eigenvalue weighted by Crippen LogP contribution is -2.06. The highest BCUT2D eigenvalue weighted by Gasteiger charge is 2.17. The maximum absolute atomic E-state index is 11.5. The van der Waals surface area contributed by atoms with Crippen LogP contribution >= 0.6 is 0 Å². The van der Waals surface area contributed by atoms with Gasteiger partial charge < -0.3 is 9.47 Å². The molecule has 0 atom stereocenters. The van der Waals surface area contributed by atoms with Gasteiger partial charge in [-0.3, -0.25) is 4.79 Å². The Morgan fingerprint density at radius 3 is 2.79 bits per heavy atom. The fourth-order valence-corrected chi connectivity index (χ4v) is 1.61. The predicted molar refractivity (Wildman–Crippen MR) is 66.8 cm³/mol. The SMILES string of the molecule is COC(=O)c1nn(-c2cccc(OC)c2)cc1C=O. The summed E-state index contributed by atoms with van der Waals surface area (Å²) < 4.78 is 11.1.